The second-order valence-corrected chi connectivity index (χ2v) is 12.6. The lowest BCUT2D eigenvalue weighted by Gasteiger charge is -2.62. The van der Waals surface area contributed by atoms with Crippen molar-refractivity contribution in [3.63, 3.8) is 0 Å². The van der Waals surface area contributed by atoms with Crippen LogP contribution in [-0.4, -0.2) is 33.1 Å². The van der Waals surface area contributed by atoms with Crippen molar-refractivity contribution in [1.82, 2.24) is 0 Å². The van der Waals surface area contributed by atoms with Crippen LogP contribution in [0.2, 0.25) is 0 Å². The van der Waals surface area contributed by atoms with E-state index in [-0.39, 0.29) is 29.0 Å². The van der Waals surface area contributed by atoms with Crippen molar-refractivity contribution in [1.29, 1.82) is 0 Å². The van der Waals surface area contributed by atoms with Crippen LogP contribution in [0.3, 0.4) is 0 Å². The molecule has 4 aliphatic carbocycles. The van der Waals surface area contributed by atoms with Crippen LogP contribution < -0.4 is 0 Å². The van der Waals surface area contributed by atoms with Gasteiger partial charge in [0, 0.05) is 0 Å². The fourth-order valence-corrected chi connectivity index (χ4v) is 9.38. The largest absolute Gasteiger partial charge is 0.393 e. The van der Waals surface area contributed by atoms with Gasteiger partial charge in [-0.3, -0.25) is 0 Å². The summed E-state index contributed by atoms with van der Waals surface area (Å²) in [6.45, 7) is 9.29. The topological polar surface area (TPSA) is 60.7 Å². The first kappa shape index (κ1) is 23.1. The number of fused-ring (bicyclic) bond motifs is 5. The fraction of sp³-hybridized carbons (Fsp3) is 1.00. The van der Waals surface area contributed by atoms with Gasteiger partial charge in [-0.25, -0.2) is 0 Å². The smallest absolute Gasteiger partial charge is 0.0653 e. The minimum absolute atomic E-state index is 0.184. The molecule has 3 heteroatoms. The number of rotatable bonds is 6. The molecular weight excluding hydrogens is 372 g/mol. The normalized spacial score (nSPS) is 50.3. The molecule has 10 atom stereocenters. The molecule has 0 aromatic rings. The molecule has 0 spiro atoms. The summed E-state index contributed by atoms with van der Waals surface area (Å²) in [5.74, 6) is 2.59. The molecule has 4 saturated carbocycles. The number of aliphatic hydroxyl groups excluding tert-OH is 2. The molecule has 174 valence electrons. The van der Waals surface area contributed by atoms with Crippen LogP contribution in [0.5, 0.6) is 0 Å². The van der Waals surface area contributed by atoms with E-state index < -0.39 is 5.60 Å². The zero-order valence-corrected chi connectivity index (χ0v) is 20.1. The van der Waals surface area contributed by atoms with Crippen LogP contribution in [0.25, 0.3) is 0 Å². The van der Waals surface area contributed by atoms with Crippen LogP contribution in [0.15, 0.2) is 0 Å². The molecule has 30 heavy (non-hydrogen) atoms. The van der Waals surface area contributed by atoms with E-state index in [2.05, 4.69) is 27.7 Å². The SMILES string of the molecule is CCCCCC[C@](C)(O)C1CCC2C3CC(O)C4CC(O)CCC4(C)C3CCC21C. The Morgan fingerprint density at radius 1 is 0.833 bits per heavy atom. The highest BCUT2D eigenvalue weighted by Gasteiger charge is 2.63. The van der Waals surface area contributed by atoms with Crippen molar-refractivity contribution in [2.24, 2.45) is 40.4 Å². The van der Waals surface area contributed by atoms with E-state index in [1.165, 1.54) is 38.5 Å². The first-order valence-electron chi connectivity index (χ1n) is 13.2. The molecular formula is C27H48O3. The lowest BCUT2D eigenvalue weighted by Crippen LogP contribution is -2.59. The number of hydrogen-bond donors (Lipinski definition) is 3. The zero-order chi connectivity index (χ0) is 21.7. The minimum Gasteiger partial charge on any atom is -0.393 e. The van der Waals surface area contributed by atoms with Gasteiger partial charge in [-0.15, -0.1) is 0 Å². The zero-order valence-electron chi connectivity index (χ0n) is 20.1. The van der Waals surface area contributed by atoms with E-state index in [4.69, 9.17) is 0 Å². The van der Waals surface area contributed by atoms with Crippen molar-refractivity contribution in [3.05, 3.63) is 0 Å². The van der Waals surface area contributed by atoms with E-state index >= 15 is 0 Å². The molecule has 9 unspecified atom stereocenters. The predicted octanol–water partition coefficient (Wildman–Crippen LogP) is 5.70. The van der Waals surface area contributed by atoms with E-state index in [0.717, 1.165) is 44.9 Å². The molecule has 0 amide bonds. The molecule has 0 aromatic heterocycles. The molecule has 0 aromatic carbocycles. The van der Waals surface area contributed by atoms with E-state index in [1.54, 1.807) is 0 Å². The van der Waals surface area contributed by atoms with Crippen LogP contribution in [-0.2, 0) is 0 Å². The summed E-state index contributed by atoms with van der Waals surface area (Å²) in [4.78, 5) is 0. The molecule has 4 rings (SSSR count). The molecule has 0 bridgehead atoms. The highest BCUT2D eigenvalue weighted by Crippen LogP contribution is 2.68. The molecule has 3 N–H and O–H groups in total. The van der Waals surface area contributed by atoms with Crippen LogP contribution in [0.4, 0.5) is 0 Å². The van der Waals surface area contributed by atoms with Crippen molar-refractivity contribution in [2.75, 3.05) is 0 Å². The Hall–Kier alpha value is -0.120. The first-order chi connectivity index (χ1) is 14.1. The van der Waals surface area contributed by atoms with Gasteiger partial charge in [-0.05, 0) is 105 Å². The highest BCUT2D eigenvalue weighted by atomic mass is 16.3. The van der Waals surface area contributed by atoms with E-state index in [9.17, 15) is 15.3 Å². The Morgan fingerprint density at radius 3 is 2.27 bits per heavy atom. The predicted molar refractivity (Wildman–Crippen MR) is 122 cm³/mol. The molecule has 0 aliphatic heterocycles. The van der Waals surface area contributed by atoms with Gasteiger partial charge in [-0.2, -0.15) is 0 Å². The molecule has 4 fully saturated rings. The number of aliphatic hydroxyl groups is 3. The van der Waals surface area contributed by atoms with Gasteiger partial charge in [0.25, 0.3) is 0 Å². The molecule has 0 heterocycles. The van der Waals surface area contributed by atoms with Gasteiger partial charge in [0.05, 0.1) is 17.8 Å². The Bertz CT molecular complexity index is 603. The maximum atomic E-state index is 11.6. The Kier molecular flexibility index (Phi) is 6.41. The van der Waals surface area contributed by atoms with Crippen molar-refractivity contribution in [3.8, 4) is 0 Å². The third kappa shape index (κ3) is 3.69. The fourth-order valence-electron chi connectivity index (χ4n) is 9.38. The highest BCUT2D eigenvalue weighted by molar-refractivity contribution is 5.13. The van der Waals surface area contributed by atoms with Crippen molar-refractivity contribution in [2.45, 2.75) is 129 Å². The van der Waals surface area contributed by atoms with Gasteiger partial charge >= 0.3 is 0 Å². The van der Waals surface area contributed by atoms with Crippen LogP contribution in [0, 0.1) is 40.4 Å². The van der Waals surface area contributed by atoms with Crippen LogP contribution >= 0.6 is 0 Å². The Balaban J connectivity index is 1.52. The monoisotopic (exact) mass is 420 g/mol. The lowest BCUT2D eigenvalue weighted by atomic mass is 9.43. The summed E-state index contributed by atoms with van der Waals surface area (Å²) in [5.41, 5.74) is -0.158. The second-order valence-electron chi connectivity index (χ2n) is 12.6. The Morgan fingerprint density at radius 2 is 1.53 bits per heavy atom. The van der Waals surface area contributed by atoms with Gasteiger partial charge in [0.1, 0.15) is 0 Å². The summed E-state index contributed by atoms with van der Waals surface area (Å²) in [5, 5.41) is 33.0. The number of unbranched alkanes of at least 4 members (excludes halogenated alkanes) is 3. The lowest BCUT2D eigenvalue weighted by molar-refractivity contribution is -0.179. The average Bonchev–Trinajstić information content (AvgIpc) is 3.05. The molecule has 3 nitrogen and oxygen atoms in total. The second kappa shape index (κ2) is 8.34. The van der Waals surface area contributed by atoms with Gasteiger partial charge in [-0.1, -0.05) is 46.5 Å². The summed E-state index contributed by atoms with van der Waals surface area (Å²) in [6.07, 6.45) is 13.9. The summed E-state index contributed by atoms with van der Waals surface area (Å²) in [7, 11) is 0. The minimum atomic E-state index is -0.557. The molecule has 0 saturated heterocycles. The van der Waals surface area contributed by atoms with Crippen molar-refractivity contribution < 1.29 is 15.3 Å². The van der Waals surface area contributed by atoms with Crippen LogP contribution in [0.1, 0.15) is 111 Å². The Labute approximate surface area is 185 Å². The summed E-state index contributed by atoms with van der Waals surface area (Å²) >= 11 is 0. The van der Waals surface area contributed by atoms with E-state index in [1.807, 2.05) is 0 Å². The summed E-state index contributed by atoms with van der Waals surface area (Å²) < 4.78 is 0. The maximum absolute atomic E-state index is 11.6. The third-order valence-corrected chi connectivity index (χ3v) is 10.9. The first-order valence-corrected chi connectivity index (χ1v) is 13.2. The van der Waals surface area contributed by atoms with Crippen molar-refractivity contribution >= 4 is 0 Å². The van der Waals surface area contributed by atoms with Gasteiger partial charge in [0.15, 0.2) is 0 Å². The third-order valence-electron chi connectivity index (χ3n) is 10.9. The average molecular weight is 421 g/mol. The molecule has 4 aliphatic rings. The van der Waals surface area contributed by atoms with E-state index in [0.29, 0.717) is 23.7 Å². The van der Waals surface area contributed by atoms with Gasteiger partial charge < -0.3 is 15.3 Å². The quantitative estimate of drug-likeness (QED) is 0.483. The number of hydrogen-bond acceptors (Lipinski definition) is 3. The summed E-state index contributed by atoms with van der Waals surface area (Å²) in [6, 6.07) is 0. The molecule has 0 radical (unpaired) electrons. The van der Waals surface area contributed by atoms with Gasteiger partial charge in [0.2, 0.25) is 0 Å². The standard InChI is InChI=1S/C27H48O3/c1-5-6-7-8-13-27(4,30)24-10-9-20-19-17-23(29)22-16-18(28)11-14-25(22,2)21(19)12-15-26(20,24)3/h18-24,28-30H,5-17H2,1-4H3/t18?,19?,20?,21?,22?,23?,24?,25?,26?,27-/m0/s1. The maximum Gasteiger partial charge on any atom is 0.0653 e.